The van der Waals surface area contributed by atoms with E-state index < -0.39 is 0 Å². The van der Waals surface area contributed by atoms with Crippen LogP contribution >= 0.6 is 11.8 Å². The Morgan fingerprint density at radius 3 is 2.43 bits per heavy atom. The van der Waals surface area contributed by atoms with Gasteiger partial charge in [0, 0.05) is 12.1 Å². The zero-order valence-electron chi connectivity index (χ0n) is 17.9. The summed E-state index contributed by atoms with van der Waals surface area (Å²) in [7, 11) is 0. The predicted octanol–water partition coefficient (Wildman–Crippen LogP) is 5.04. The number of nitrogens with zero attached hydrogens (tertiary/aromatic N) is 3. The Labute approximate surface area is 173 Å². The van der Waals surface area contributed by atoms with Gasteiger partial charge in [-0.05, 0) is 23.3 Å². The second kappa shape index (κ2) is 10.1. The summed E-state index contributed by atoms with van der Waals surface area (Å²) in [5, 5.41) is 9.56. The number of carbonyl (C=O) groups is 1. The van der Waals surface area contributed by atoms with Crippen LogP contribution in [0.5, 0.6) is 0 Å². The van der Waals surface area contributed by atoms with Crippen LogP contribution in [-0.4, -0.2) is 26.4 Å². The van der Waals surface area contributed by atoms with Crippen molar-refractivity contribution in [2.24, 2.45) is 11.7 Å². The van der Waals surface area contributed by atoms with Gasteiger partial charge in [0.15, 0.2) is 11.0 Å². The van der Waals surface area contributed by atoms with Gasteiger partial charge in [0.05, 0.1) is 5.75 Å². The van der Waals surface area contributed by atoms with Crippen molar-refractivity contribution >= 4 is 17.7 Å². The van der Waals surface area contributed by atoms with E-state index >= 15 is 0 Å². The van der Waals surface area contributed by atoms with Crippen LogP contribution in [0.2, 0.25) is 0 Å². The summed E-state index contributed by atoms with van der Waals surface area (Å²) in [5.74, 6) is 1.25. The summed E-state index contributed by atoms with van der Waals surface area (Å²) in [6, 6.07) is 8.56. The van der Waals surface area contributed by atoms with Gasteiger partial charge in [0.1, 0.15) is 0 Å². The van der Waals surface area contributed by atoms with Crippen molar-refractivity contribution in [2.45, 2.75) is 77.4 Å². The van der Waals surface area contributed by atoms with Gasteiger partial charge in [-0.25, -0.2) is 0 Å². The summed E-state index contributed by atoms with van der Waals surface area (Å²) in [6.07, 6.45) is 4.90. The Balaban J connectivity index is 2.28. The fourth-order valence-electron chi connectivity index (χ4n) is 3.17. The van der Waals surface area contributed by atoms with Gasteiger partial charge < -0.3 is 10.3 Å². The van der Waals surface area contributed by atoms with Crippen LogP contribution in [0.4, 0.5) is 0 Å². The molecule has 1 aromatic heterocycles. The van der Waals surface area contributed by atoms with Gasteiger partial charge in [-0.15, -0.1) is 10.2 Å². The van der Waals surface area contributed by atoms with Crippen LogP contribution in [0.15, 0.2) is 29.4 Å². The second-order valence-corrected chi connectivity index (χ2v) is 9.54. The highest BCUT2D eigenvalue weighted by Gasteiger charge is 2.19. The highest BCUT2D eigenvalue weighted by molar-refractivity contribution is 7.99. The molecule has 28 heavy (non-hydrogen) atoms. The number of unbranched alkanes of at least 4 members (excludes halogenated alkanes) is 2. The third kappa shape index (κ3) is 6.36. The molecule has 6 heteroatoms. The molecule has 0 bridgehead atoms. The Morgan fingerprint density at radius 2 is 1.86 bits per heavy atom. The number of hydrogen-bond acceptors (Lipinski definition) is 4. The molecule has 5 nitrogen and oxygen atoms in total. The first kappa shape index (κ1) is 22.5. The van der Waals surface area contributed by atoms with Crippen molar-refractivity contribution in [1.82, 2.24) is 14.8 Å². The molecule has 154 valence electrons. The van der Waals surface area contributed by atoms with Crippen LogP contribution in [0.25, 0.3) is 11.4 Å². The monoisotopic (exact) mass is 402 g/mol. The fraction of sp³-hybridized carbons (Fsp3) is 0.591. The Bertz CT molecular complexity index is 762. The molecule has 0 radical (unpaired) electrons. The van der Waals surface area contributed by atoms with Gasteiger partial charge in [0.25, 0.3) is 0 Å². The van der Waals surface area contributed by atoms with E-state index in [4.69, 9.17) is 5.73 Å². The van der Waals surface area contributed by atoms with Crippen molar-refractivity contribution in [2.75, 3.05) is 5.75 Å². The molecule has 0 unspecified atom stereocenters. The zero-order valence-corrected chi connectivity index (χ0v) is 18.7. The lowest BCUT2D eigenvalue weighted by Gasteiger charge is -2.19. The summed E-state index contributed by atoms with van der Waals surface area (Å²) < 4.78 is 2.15. The fourth-order valence-corrected chi connectivity index (χ4v) is 3.86. The van der Waals surface area contributed by atoms with Gasteiger partial charge in [-0.3, -0.25) is 4.79 Å². The topological polar surface area (TPSA) is 73.8 Å². The molecule has 0 aliphatic rings. The molecule has 2 N–H and O–H groups in total. The minimum absolute atomic E-state index is 0.114. The molecule has 0 spiro atoms. The van der Waals surface area contributed by atoms with Crippen LogP contribution in [-0.2, 0) is 16.8 Å². The summed E-state index contributed by atoms with van der Waals surface area (Å²) in [5.41, 5.74) is 7.78. The van der Waals surface area contributed by atoms with Crippen molar-refractivity contribution in [3.05, 3.63) is 29.8 Å². The molecule has 0 aliphatic heterocycles. The number of thioether (sulfide) groups is 1. The van der Waals surface area contributed by atoms with Crippen LogP contribution < -0.4 is 5.73 Å². The third-order valence-corrected chi connectivity index (χ3v) is 5.85. The number of hydrogen-bond donors (Lipinski definition) is 1. The number of carbonyl (C=O) groups excluding carboxylic acids is 1. The maximum Gasteiger partial charge on any atom is 0.227 e. The minimum atomic E-state index is -0.341. The first-order valence-corrected chi connectivity index (χ1v) is 11.2. The van der Waals surface area contributed by atoms with E-state index in [2.05, 4.69) is 73.6 Å². The zero-order chi connectivity index (χ0) is 20.7. The predicted molar refractivity (Wildman–Crippen MR) is 117 cm³/mol. The van der Waals surface area contributed by atoms with E-state index in [1.807, 2.05) is 0 Å². The lowest BCUT2D eigenvalue weighted by molar-refractivity contribution is -0.115. The number of amides is 1. The molecule has 0 saturated carbocycles. The molecule has 1 aromatic carbocycles. The first-order valence-electron chi connectivity index (χ1n) is 10.2. The summed E-state index contributed by atoms with van der Waals surface area (Å²) >= 11 is 1.36. The number of rotatable bonds is 10. The van der Waals surface area contributed by atoms with E-state index in [0.717, 1.165) is 23.1 Å². The smallest absolute Gasteiger partial charge is 0.227 e. The molecular formula is C22H34N4OS. The average molecular weight is 403 g/mol. The average Bonchev–Trinajstić information content (AvgIpc) is 3.02. The van der Waals surface area contributed by atoms with Crippen molar-refractivity contribution in [1.29, 1.82) is 0 Å². The Kier molecular flexibility index (Phi) is 8.10. The third-order valence-electron chi connectivity index (χ3n) is 4.86. The van der Waals surface area contributed by atoms with Crippen LogP contribution in [0.1, 0.15) is 65.9 Å². The Morgan fingerprint density at radius 1 is 1.18 bits per heavy atom. The maximum absolute atomic E-state index is 11.2. The quantitative estimate of drug-likeness (QED) is 0.446. The van der Waals surface area contributed by atoms with E-state index in [1.54, 1.807) is 0 Å². The number of nitrogens with two attached hydrogens (primary N) is 1. The van der Waals surface area contributed by atoms with E-state index in [9.17, 15) is 4.79 Å². The van der Waals surface area contributed by atoms with Crippen LogP contribution in [0.3, 0.4) is 0 Å². The van der Waals surface area contributed by atoms with E-state index in [-0.39, 0.29) is 17.1 Å². The number of aromatic nitrogens is 3. The highest BCUT2D eigenvalue weighted by atomic mass is 32.2. The largest absolute Gasteiger partial charge is 0.369 e. The van der Waals surface area contributed by atoms with Crippen molar-refractivity contribution in [3.8, 4) is 11.4 Å². The summed E-state index contributed by atoms with van der Waals surface area (Å²) in [4.78, 5) is 11.2. The molecule has 1 atom stereocenters. The SMILES string of the molecule is CCCCC[C@@H](C)Cn1c(SCC(N)=O)nnc1-c1ccc(C(C)(C)C)cc1. The summed E-state index contributed by atoms with van der Waals surface area (Å²) in [6.45, 7) is 12.0. The van der Waals surface area contributed by atoms with E-state index in [1.165, 1.54) is 43.0 Å². The van der Waals surface area contributed by atoms with Gasteiger partial charge in [-0.1, -0.05) is 89.9 Å². The molecule has 1 amide bonds. The van der Waals surface area contributed by atoms with Gasteiger partial charge in [-0.2, -0.15) is 0 Å². The first-order chi connectivity index (χ1) is 13.2. The van der Waals surface area contributed by atoms with Crippen LogP contribution in [0, 0.1) is 5.92 Å². The van der Waals surface area contributed by atoms with Crippen molar-refractivity contribution < 1.29 is 4.79 Å². The second-order valence-electron chi connectivity index (χ2n) is 8.60. The van der Waals surface area contributed by atoms with Gasteiger partial charge >= 0.3 is 0 Å². The minimum Gasteiger partial charge on any atom is -0.369 e. The van der Waals surface area contributed by atoms with E-state index in [0.29, 0.717) is 5.92 Å². The normalized spacial score (nSPS) is 12.9. The molecule has 0 aliphatic carbocycles. The van der Waals surface area contributed by atoms with Crippen molar-refractivity contribution in [3.63, 3.8) is 0 Å². The number of primary amides is 1. The standard InChI is InChI=1S/C22H34N4OS/c1-6-7-8-9-16(2)14-26-20(24-25-21(26)28-15-19(23)27)17-10-12-18(13-11-17)22(3,4)5/h10-13,16H,6-9,14-15H2,1-5H3,(H2,23,27)/t16-/m1/s1. The molecule has 2 aromatic rings. The molecule has 2 rings (SSSR count). The molecule has 1 heterocycles. The lowest BCUT2D eigenvalue weighted by Crippen LogP contribution is -2.15. The molecule has 0 fully saturated rings. The number of benzene rings is 1. The highest BCUT2D eigenvalue weighted by Crippen LogP contribution is 2.29. The lowest BCUT2D eigenvalue weighted by atomic mass is 9.86. The van der Waals surface area contributed by atoms with Gasteiger partial charge in [0.2, 0.25) is 5.91 Å². The molecule has 0 saturated heterocycles. The maximum atomic E-state index is 11.2. The molecular weight excluding hydrogens is 368 g/mol. The Hall–Kier alpha value is -1.82.